The van der Waals surface area contributed by atoms with Crippen LogP contribution in [0.15, 0.2) is 144 Å². The Hall–Kier alpha value is -5.87. The summed E-state index contributed by atoms with van der Waals surface area (Å²) in [4.78, 5) is 14.7. The third kappa shape index (κ3) is 4.11. The minimum atomic E-state index is -0.0411. The zero-order valence-corrected chi connectivity index (χ0v) is 25.5. The molecule has 0 N–H and O–H groups in total. The Morgan fingerprint density at radius 1 is 0.435 bits per heavy atom. The van der Waals surface area contributed by atoms with Gasteiger partial charge in [-0.15, -0.1) is 0 Å². The fraction of sp³-hybridized carbons (Fsp3) is 0.0714. The first-order chi connectivity index (χ1) is 22.5. The predicted molar refractivity (Wildman–Crippen MR) is 186 cm³/mol. The van der Waals surface area contributed by atoms with Crippen LogP contribution in [-0.2, 0) is 5.41 Å². The lowest BCUT2D eigenvalue weighted by molar-refractivity contribution is 0.660. The van der Waals surface area contributed by atoms with Crippen LogP contribution in [0.4, 0.5) is 0 Å². The summed E-state index contributed by atoms with van der Waals surface area (Å²) in [6, 6.07) is 48.4. The molecule has 4 nitrogen and oxygen atoms in total. The highest BCUT2D eigenvalue weighted by Gasteiger charge is 2.36. The molecule has 46 heavy (non-hydrogen) atoms. The van der Waals surface area contributed by atoms with E-state index in [1.807, 2.05) is 66.7 Å². The van der Waals surface area contributed by atoms with E-state index < -0.39 is 0 Å². The number of hydrogen-bond donors (Lipinski definition) is 0. The van der Waals surface area contributed by atoms with Crippen LogP contribution in [0.1, 0.15) is 25.0 Å². The third-order valence-corrected chi connectivity index (χ3v) is 9.35. The smallest absolute Gasteiger partial charge is 0.164 e. The lowest BCUT2D eigenvalue weighted by Crippen LogP contribution is -2.14. The van der Waals surface area contributed by atoms with E-state index in [2.05, 4.69) is 86.6 Å². The van der Waals surface area contributed by atoms with E-state index in [-0.39, 0.29) is 5.41 Å². The Balaban J connectivity index is 1.17. The Morgan fingerprint density at radius 3 is 1.74 bits per heavy atom. The molecule has 9 rings (SSSR count). The topological polar surface area (TPSA) is 51.8 Å². The number of benzene rings is 6. The molecular formula is C42H29N3O. The molecule has 0 unspecified atom stereocenters. The minimum absolute atomic E-state index is 0.0411. The molecule has 1 aliphatic rings. The van der Waals surface area contributed by atoms with Crippen molar-refractivity contribution in [3.05, 3.63) is 151 Å². The zero-order valence-electron chi connectivity index (χ0n) is 25.5. The second kappa shape index (κ2) is 10.1. The monoisotopic (exact) mass is 591 g/mol. The molecule has 0 spiro atoms. The van der Waals surface area contributed by atoms with Gasteiger partial charge in [-0.3, -0.25) is 0 Å². The van der Waals surface area contributed by atoms with Crippen molar-refractivity contribution in [1.29, 1.82) is 0 Å². The number of furan rings is 1. The lowest BCUT2D eigenvalue weighted by Gasteiger charge is -2.21. The Labute approximate surface area is 267 Å². The minimum Gasteiger partial charge on any atom is -0.456 e. The standard InChI is InChI=1S/C42H29N3O/c1-42(2)34-18-10-9-16-32(34)38-30(17-11-19-35(38)42)28-21-23-36-33(24-28)31-22-20-29(25-37(31)46-36)41-44-39(26-12-5-3-6-13-26)43-40(45-41)27-14-7-4-8-15-27/h3-25H,1-2H3. The van der Waals surface area contributed by atoms with Gasteiger partial charge in [-0.2, -0.15) is 0 Å². The Kier molecular flexibility index (Phi) is 5.81. The van der Waals surface area contributed by atoms with E-state index in [0.29, 0.717) is 17.5 Å². The van der Waals surface area contributed by atoms with Crippen LogP contribution in [0.3, 0.4) is 0 Å². The van der Waals surface area contributed by atoms with Crippen LogP contribution in [-0.4, -0.2) is 15.0 Å². The van der Waals surface area contributed by atoms with Gasteiger partial charge in [0.25, 0.3) is 0 Å². The summed E-state index contributed by atoms with van der Waals surface area (Å²) < 4.78 is 6.45. The van der Waals surface area contributed by atoms with Gasteiger partial charge in [0, 0.05) is 32.9 Å². The van der Waals surface area contributed by atoms with Crippen molar-refractivity contribution in [2.45, 2.75) is 19.3 Å². The molecule has 0 bridgehead atoms. The second-order valence-corrected chi connectivity index (χ2v) is 12.5. The number of fused-ring (bicyclic) bond motifs is 6. The SMILES string of the molecule is CC1(C)c2ccccc2-c2c(-c3ccc4oc5cc(-c6nc(-c7ccccc7)nc(-c7ccccc7)n6)ccc5c4c3)cccc21. The first kappa shape index (κ1) is 26.5. The molecule has 1 aliphatic carbocycles. The molecule has 8 aromatic rings. The molecule has 0 aliphatic heterocycles. The molecule has 0 radical (unpaired) electrons. The van der Waals surface area contributed by atoms with Crippen molar-refractivity contribution in [3.8, 4) is 56.4 Å². The number of hydrogen-bond acceptors (Lipinski definition) is 4. The molecule has 2 heterocycles. The average molecular weight is 592 g/mol. The van der Waals surface area contributed by atoms with Gasteiger partial charge in [-0.25, -0.2) is 15.0 Å². The molecule has 0 atom stereocenters. The lowest BCUT2D eigenvalue weighted by atomic mass is 9.82. The van der Waals surface area contributed by atoms with Crippen LogP contribution < -0.4 is 0 Å². The summed E-state index contributed by atoms with van der Waals surface area (Å²) in [5, 5.41) is 2.15. The van der Waals surface area contributed by atoms with E-state index >= 15 is 0 Å². The van der Waals surface area contributed by atoms with E-state index in [0.717, 1.165) is 38.6 Å². The molecule has 4 heteroatoms. The maximum atomic E-state index is 6.45. The van der Waals surface area contributed by atoms with Gasteiger partial charge in [0.2, 0.25) is 0 Å². The fourth-order valence-electron chi connectivity index (χ4n) is 7.02. The molecule has 218 valence electrons. The van der Waals surface area contributed by atoms with Gasteiger partial charge in [0.05, 0.1) is 0 Å². The summed E-state index contributed by atoms with van der Waals surface area (Å²) >= 11 is 0. The second-order valence-electron chi connectivity index (χ2n) is 12.5. The van der Waals surface area contributed by atoms with Gasteiger partial charge in [-0.1, -0.05) is 129 Å². The summed E-state index contributed by atoms with van der Waals surface area (Å²) in [5.74, 6) is 1.88. The van der Waals surface area contributed by atoms with Gasteiger partial charge < -0.3 is 4.42 Å². The van der Waals surface area contributed by atoms with E-state index in [4.69, 9.17) is 19.4 Å². The van der Waals surface area contributed by atoms with Crippen molar-refractivity contribution in [2.75, 3.05) is 0 Å². The first-order valence-electron chi connectivity index (χ1n) is 15.6. The Bertz CT molecular complexity index is 2380. The Morgan fingerprint density at radius 2 is 1.02 bits per heavy atom. The van der Waals surface area contributed by atoms with Crippen molar-refractivity contribution >= 4 is 21.9 Å². The predicted octanol–water partition coefficient (Wildman–Crippen LogP) is 10.7. The normalized spacial score (nSPS) is 13.2. The van der Waals surface area contributed by atoms with Crippen LogP contribution in [0.25, 0.3) is 78.4 Å². The summed E-state index contributed by atoms with van der Waals surface area (Å²) in [6.07, 6.45) is 0. The van der Waals surface area contributed by atoms with Crippen LogP contribution in [0, 0.1) is 0 Å². The summed E-state index contributed by atoms with van der Waals surface area (Å²) in [5.41, 5.74) is 12.2. The fourth-order valence-corrected chi connectivity index (χ4v) is 7.02. The number of aromatic nitrogens is 3. The van der Waals surface area contributed by atoms with Crippen molar-refractivity contribution in [2.24, 2.45) is 0 Å². The maximum Gasteiger partial charge on any atom is 0.164 e. The molecule has 2 aromatic heterocycles. The highest BCUT2D eigenvalue weighted by atomic mass is 16.3. The average Bonchev–Trinajstić information content (AvgIpc) is 3.60. The van der Waals surface area contributed by atoms with Gasteiger partial charge in [0.1, 0.15) is 11.2 Å². The van der Waals surface area contributed by atoms with Crippen molar-refractivity contribution in [3.63, 3.8) is 0 Å². The van der Waals surface area contributed by atoms with Gasteiger partial charge in [-0.05, 0) is 57.6 Å². The largest absolute Gasteiger partial charge is 0.456 e. The van der Waals surface area contributed by atoms with Crippen molar-refractivity contribution < 1.29 is 4.42 Å². The molecule has 0 saturated carbocycles. The summed E-state index contributed by atoms with van der Waals surface area (Å²) in [6.45, 7) is 4.65. The quantitative estimate of drug-likeness (QED) is 0.204. The highest BCUT2D eigenvalue weighted by Crippen LogP contribution is 2.52. The maximum absolute atomic E-state index is 6.45. The van der Waals surface area contributed by atoms with Crippen LogP contribution in [0.2, 0.25) is 0 Å². The molecule has 0 amide bonds. The first-order valence-corrected chi connectivity index (χ1v) is 15.6. The molecule has 6 aromatic carbocycles. The molecule has 0 fully saturated rings. The van der Waals surface area contributed by atoms with Gasteiger partial charge in [0.15, 0.2) is 17.5 Å². The van der Waals surface area contributed by atoms with Crippen LogP contribution >= 0.6 is 0 Å². The summed E-state index contributed by atoms with van der Waals surface area (Å²) in [7, 11) is 0. The van der Waals surface area contributed by atoms with Crippen LogP contribution in [0.5, 0.6) is 0 Å². The molecular weight excluding hydrogens is 562 g/mol. The zero-order chi connectivity index (χ0) is 30.8. The molecule has 0 saturated heterocycles. The van der Waals surface area contributed by atoms with E-state index in [1.54, 1.807) is 0 Å². The third-order valence-electron chi connectivity index (χ3n) is 9.35. The van der Waals surface area contributed by atoms with E-state index in [1.165, 1.54) is 33.4 Å². The van der Waals surface area contributed by atoms with E-state index in [9.17, 15) is 0 Å². The number of nitrogens with zero attached hydrogens (tertiary/aromatic N) is 3. The van der Waals surface area contributed by atoms with Gasteiger partial charge >= 0.3 is 0 Å². The highest BCUT2D eigenvalue weighted by molar-refractivity contribution is 6.08. The number of rotatable bonds is 4. The van der Waals surface area contributed by atoms with Crippen molar-refractivity contribution in [1.82, 2.24) is 15.0 Å².